The van der Waals surface area contributed by atoms with E-state index in [0.29, 0.717) is 91.4 Å². The molecule has 0 radical (unpaired) electrons. The number of ether oxygens (including phenoxy) is 6. The smallest absolute Gasteiger partial charge is 0.0622 e. The van der Waals surface area contributed by atoms with E-state index in [0.717, 1.165) is 0 Å². The van der Waals surface area contributed by atoms with Crippen LogP contribution in [0.2, 0.25) is 0 Å². The van der Waals surface area contributed by atoms with Gasteiger partial charge in [0.1, 0.15) is 0 Å². The van der Waals surface area contributed by atoms with Crippen molar-refractivity contribution in [3.05, 3.63) is 133 Å². The average Bonchev–Trinajstić information content (AvgIpc) is 3.20. The summed E-state index contributed by atoms with van der Waals surface area (Å²) in [4.78, 5) is 0. The molecule has 5 rings (SSSR count). The van der Waals surface area contributed by atoms with Gasteiger partial charge >= 0.3 is 94.4 Å². The Morgan fingerprint density at radius 1 is 0.466 bits per heavy atom. The van der Waals surface area contributed by atoms with Crippen LogP contribution >= 0.6 is 21.4 Å². The van der Waals surface area contributed by atoms with Crippen LogP contribution in [0.1, 0.15) is 11.1 Å². The largest absolute Gasteiger partial charge is 1.00 e. The number of alkyl halides is 6. The number of rotatable bonds is 3. The van der Waals surface area contributed by atoms with Gasteiger partial charge in [0.05, 0.1) is 79.3 Å². The van der Waals surface area contributed by atoms with Crippen LogP contribution in [-0.4, -0.2) is 79.3 Å². The minimum atomic E-state index is -4.78. The summed E-state index contributed by atoms with van der Waals surface area (Å²) in [5.41, 5.74) is -2.71. The molecule has 1 heterocycles. The van der Waals surface area contributed by atoms with E-state index in [9.17, 15) is 39.5 Å². The Labute approximate surface area is 394 Å². The molecule has 6 nitrogen and oxygen atoms in total. The second-order valence-electron chi connectivity index (χ2n) is 10.7. The van der Waals surface area contributed by atoms with Crippen molar-refractivity contribution in [1.82, 2.24) is 0 Å². The van der Waals surface area contributed by atoms with Crippen molar-refractivity contribution < 1.29 is 137 Å². The fraction of sp³-hybridized carbons (Fsp3) is 0.359. The second-order valence-corrected chi connectivity index (χ2v) is 13.0. The molecule has 1 aliphatic heterocycles. The molecule has 0 amide bonds. The van der Waals surface area contributed by atoms with Gasteiger partial charge in [0.2, 0.25) is 0 Å². The number of hydrogen-bond donors (Lipinski definition) is 0. The third kappa shape index (κ3) is 28.7. The van der Waals surface area contributed by atoms with Gasteiger partial charge in [0, 0.05) is 0 Å². The zero-order chi connectivity index (χ0) is 42.2. The van der Waals surface area contributed by atoms with E-state index < -0.39 is 38.1 Å². The van der Waals surface area contributed by atoms with Crippen molar-refractivity contribution >= 4 is 37.3 Å². The summed E-state index contributed by atoms with van der Waals surface area (Å²) in [5.74, 6) is 0. The zero-order valence-electron chi connectivity index (χ0n) is 31.4. The predicted octanol–water partition coefficient (Wildman–Crippen LogP) is 6.26. The third-order valence-electron chi connectivity index (χ3n) is 6.72. The van der Waals surface area contributed by atoms with Gasteiger partial charge in [-0.2, -0.15) is 44.5 Å². The summed E-state index contributed by atoms with van der Waals surface area (Å²) in [6.07, 6.45) is -9.56. The maximum absolute atomic E-state index is 12.0. The SMILES string of the molecule is C1COCCOCCOCCOCCOCCO1.FC(F)(F)c1c[c-]cc(C(F)(F)F)c1.F[C-](F)F.[Br][Pd+].[K+].c1ccc(P(c2ccccc2)c2ccccc2)cc1. The molecule has 0 bridgehead atoms. The molecule has 320 valence electrons. The monoisotopic (exact) mass is 1030 g/mol. The van der Waals surface area contributed by atoms with Crippen LogP contribution in [0.25, 0.3) is 0 Å². The van der Waals surface area contributed by atoms with Gasteiger partial charge in [0.15, 0.2) is 6.68 Å². The first-order chi connectivity index (χ1) is 27.4. The first-order valence-corrected chi connectivity index (χ1v) is 21.8. The molecular formula is C39H42BrF9KO6PPd. The molecule has 1 aliphatic rings. The topological polar surface area (TPSA) is 55.4 Å². The Hall–Kier alpha value is -0.781. The van der Waals surface area contributed by atoms with Crippen LogP contribution in [0.15, 0.2) is 109 Å². The maximum atomic E-state index is 12.0. The molecule has 0 unspecified atom stereocenters. The van der Waals surface area contributed by atoms with Crippen LogP contribution in [0, 0.1) is 12.7 Å². The second kappa shape index (κ2) is 35.8. The minimum Gasteiger partial charge on any atom is -0.0622 e. The molecule has 1 fully saturated rings. The number of benzene rings is 4. The summed E-state index contributed by atoms with van der Waals surface area (Å²) in [7, 11) is -0.446. The molecule has 0 saturated carbocycles. The van der Waals surface area contributed by atoms with Gasteiger partial charge in [0.25, 0.3) is 0 Å². The van der Waals surface area contributed by atoms with Crippen LogP contribution < -0.4 is 67.3 Å². The van der Waals surface area contributed by atoms with E-state index >= 15 is 0 Å². The molecule has 19 heteroatoms. The van der Waals surface area contributed by atoms with Crippen molar-refractivity contribution in [1.29, 1.82) is 0 Å². The summed E-state index contributed by atoms with van der Waals surface area (Å²) < 4.78 is 133. The molecule has 1 saturated heterocycles. The van der Waals surface area contributed by atoms with E-state index in [4.69, 9.17) is 28.4 Å². The summed E-state index contributed by atoms with van der Waals surface area (Å²) in [6.45, 7) is 3.95. The van der Waals surface area contributed by atoms with E-state index in [1.165, 1.54) is 15.9 Å². The molecule has 4 aromatic carbocycles. The van der Waals surface area contributed by atoms with Gasteiger partial charge in [-0.1, -0.05) is 102 Å². The van der Waals surface area contributed by atoms with Crippen LogP contribution in [0.4, 0.5) is 39.5 Å². The third-order valence-corrected chi connectivity index (χ3v) is 9.16. The maximum Gasteiger partial charge on any atom is 1.00 e. The van der Waals surface area contributed by atoms with Crippen molar-refractivity contribution in [2.45, 2.75) is 12.4 Å². The Morgan fingerprint density at radius 2 is 0.672 bits per heavy atom. The molecule has 0 spiro atoms. The van der Waals surface area contributed by atoms with Gasteiger partial charge in [-0.25, -0.2) is 0 Å². The Kier molecular flexibility index (Phi) is 35.3. The Morgan fingerprint density at radius 3 is 0.862 bits per heavy atom. The Balaban J connectivity index is 0.000000787. The average molecular weight is 1030 g/mol. The molecular weight excluding hydrogens is 992 g/mol. The standard InChI is InChI=1S/C18H15P.C12H24O6.C8H3F6.CF3.BrH.K.Pd/c1-4-10-16(11-5-1)19(17-12-6-2-7-13-17)18-14-8-3-9-15-18;1-2-14-5-6-16-9-10-18-12-11-17-8-7-15-4-3-13-1;9-7(10,11)5-2-1-3-6(4-5)8(12,13)14;2-1(3)4;;;/h1-15H;1-12H2;2-4H;;1H;;/q;;2*-1;;+1;+2/p-1. The van der Waals surface area contributed by atoms with Crippen molar-refractivity contribution in [3.8, 4) is 0 Å². The predicted molar refractivity (Wildman–Crippen MR) is 201 cm³/mol. The molecule has 0 atom stereocenters. The van der Waals surface area contributed by atoms with Gasteiger partial charge in [-0.3, -0.25) is 0 Å². The van der Waals surface area contributed by atoms with E-state index in [1.807, 2.05) is 0 Å². The minimum absolute atomic E-state index is 0. The summed E-state index contributed by atoms with van der Waals surface area (Å²) >= 11 is 5.35. The van der Waals surface area contributed by atoms with E-state index in [2.05, 4.69) is 122 Å². The van der Waals surface area contributed by atoms with E-state index in [1.54, 1.807) is 6.07 Å². The molecule has 4 aromatic rings. The van der Waals surface area contributed by atoms with Crippen molar-refractivity contribution in [3.63, 3.8) is 0 Å². The van der Waals surface area contributed by atoms with Crippen LogP contribution in [0.3, 0.4) is 0 Å². The molecule has 58 heavy (non-hydrogen) atoms. The normalized spacial score (nSPS) is 14.8. The first-order valence-electron chi connectivity index (χ1n) is 16.9. The summed E-state index contributed by atoms with van der Waals surface area (Å²) in [5, 5.41) is 4.19. The number of hydrogen-bond acceptors (Lipinski definition) is 6. The fourth-order valence-electron chi connectivity index (χ4n) is 4.30. The van der Waals surface area contributed by atoms with Gasteiger partial charge < -0.3 is 41.6 Å². The van der Waals surface area contributed by atoms with Crippen molar-refractivity contribution in [2.24, 2.45) is 0 Å². The van der Waals surface area contributed by atoms with Crippen LogP contribution in [-0.2, 0) is 58.0 Å². The van der Waals surface area contributed by atoms with Gasteiger partial charge in [-0.05, 0) is 23.8 Å². The first kappa shape index (κ1) is 57.2. The fourth-order valence-corrected chi connectivity index (χ4v) is 6.60. The quantitative estimate of drug-likeness (QED) is 0.105. The van der Waals surface area contributed by atoms with Crippen molar-refractivity contribution in [2.75, 3.05) is 79.3 Å². The molecule has 0 aromatic heterocycles. The number of halogens is 10. The van der Waals surface area contributed by atoms with Crippen LogP contribution in [0.5, 0.6) is 0 Å². The Bertz CT molecular complexity index is 1320. The molecule has 0 N–H and O–H groups in total. The zero-order valence-corrected chi connectivity index (χ0v) is 38.5. The van der Waals surface area contributed by atoms with Gasteiger partial charge in [-0.15, -0.1) is 6.07 Å². The van der Waals surface area contributed by atoms with E-state index in [-0.39, 0.29) is 57.5 Å². The molecule has 0 aliphatic carbocycles. The summed E-state index contributed by atoms with van der Waals surface area (Å²) in [6, 6.07) is 35.1.